The van der Waals surface area contributed by atoms with Crippen molar-refractivity contribution in [2.24, 2.45) is 0 Å². The third-order valence-electron chi connectivity index (χ3n) is 3.56. The summed E-state index contributed by atoms with van der Waals surface area (Å²) in [7, 11) is 1.57. The molecule has 1 aromatic heterocycles. The molecule has 0 radical (unpaired) electrons. The van der Waals surface area contributed by atoms with Gasteiger partial charge in [0.15, 0.2) is 11.4 Å². The number of benzene rings is 2. The highest BCUT2D eigenvalue weighted by Gasteiger charge is 2.15. The number of phenolic OH excluding ortho intramolecular Hbond substituents is 1. The number of fused-ring (bicyclic) bond motifs is 1. The van der Waals surface area contributed by atoms with Crippen LogP contribution in [-0.2, 0) is 0 Å². The van der Waals surface area contributed by atoms with Crippen molar-refractivity contribution in [1.29, 1.82) is 0 Å². The Morgan fingerprint density at radius 3 is 2.50 bits per heavy atom. The monoisotopic (exact) mass is 322 g/mol. The fourth-order valence-corrected chi connectivity index (χ4v) is 2.33. The van der Waals surface area contributed by atoms with E-state index in [1.807, 2.05) is 0 Å². The van der Waals surface area contributed by atoms with Crippen LogP contribution in [0.5, 0.6) is 11.5 Å². The summed E-state index contributed by atoms with van der Waals surface area (Å²) in [4.78, 5) is 23.9. The predicted molar refractivity (Wildman–Crippen MR) is 90.5 cm³/mol. The summed E-state index contributed by atoms with van der Waals surface area (Å²) in [6.07, 6.45) is 2.93. The molecule has 120 valence electrons. The average Bonchev–Trinajstić information content (AvgIpc) is 2.60. The Balaban J connectivity index is 1.98. The standard InChI is InChI=1S/C19H14O5/c1-23-14-7-2-12(3-8-14)4-9-15(20)18-16(21)10-5-13-6-11-17(22)24-19(13)18/h2-11,21H,1H3/b9-4+. The second kappa shape index (κ2) is 6.42. The number of methoxy groups -OCH3 is 1. The summed E-state index contributed by atoms with van der Waals surface area (Å²) >= 11 is 0. The summed E-state index contributed by atoms with van der Waals surface area (Å²) in [5.41, 5.74) is 0.258. The summed E-state index contributed by atoms with van der Waals surface area (Å²) in [5.74, 6) is 0.0245. The second-order valence-corrected chi connectivity index (χ2v) is 5.10. The molecule has 5 heteroatoms. The summed E-state index contributed by atoms with van der Waals surface area (Å²) < 4.78 is 10.2. The lowest BCUT2D eigenvalue weighted by atomic mass is 10.0. The van der Waals surface area contributed by atoms with Crippen LogP contribution in [0, 0.1) is 0 Å². The third-order valence-corrected chi connectivity index (χ3v) is 3.56. The van der Waals surface area contributed by atoms with Gasteiger partial charge in [-0.2, -0.15) is 0 Å². The van der Waals surface area contributed by atoms with Gasteiger partial charge in [0, 0.05) is 11.5 Å². The molecule has 0 saturated heterocycles. The average molecular weight is 322 g/mol. The molecule has 0 aliphatic carbocycles. The fraction of sp³-hybridized carbons (Fsp3) is 0.0526. The van der Waals surface area contributed by atoms with E-state index < -0.39 is 11.4 Å². The molecule has 5 nitrogen and oxygen atoms in total. The highest BCUT2D eigenvalue weighted by molar-refractivity contribution is 6.15. The van der Waals surface area contributed by atoms with E-state index >= 15 is 0 Å². The Morgan fingerprint density at radius 2 is 1.79 bits per heavy atom. The largest absolute Gasteiger partial charge is 0.507 e. The predicted octanol–water partition coefficient (Wildman–Crippen LogP) is 3.40. The number of carbonyl (C=O) groups is 1. The molecule has 0 aliphatic heterocycles. The van der Waals surface area contributed by atoms with Gasteiger partial charge in [-0.05, 0) is 42.0 Å². The Labute approximate surface area is 137 Å². The van der Waals surface area contributed by atoms with Gasteiger partial charge in [0.05, 0.1) is 7.11 Å². The van der Waals surface area contributed by atoms with Crippen LogP contribution in [0.25, 0.3) is 17.0 Å². The maximum absolute atomic E-state index is 12.5. The smallest absolute Gasteiger partial charge is 0.336 e. The van der Waals surface area contributed by atoms with Crippen LogP contribution < -0.4 is 10.4 Å². The van der Waals surface area contributed by atoms with Crippen molar-refractivity contribution in [1.82, 2.24) is 0 Å². The van der Waals surface area contributed by atoms with Gasteiger partial charge >= 0.3 is 5.63 Å². The number of hydrogen-bond acceptors (Lipinski definition) is 5. The van der Waals surface area contributed by atoms with Crippen LogP contribution in [0.1, 0.15) is 15.9 Å². The number of hydrogen-bond donors (Lipinski definition) is 1. The van der Waals surface area contributed by atoms with Crippen molar-refractivity contribution in [2.45, 2.75) is 0 Å². The molecule has 0 aliphatic rings. The number of ether oxygens (including phenoxy) is 1. The van der Waals surface area contributed by atoms with Gasteiger partial charge in [-0.3, -0.25) is 4.79 Å². The molecule has 0 bridgehead atoms. The number of aromatic hydroxyl groups is 1. The number of ketones is 1. The van der Waals surface area contributed by atoms with E-state index in [1.54, 1.807) is 49.6 Å². The topological polar surface area (TPSA) is 76.7 Å². The maximum Gasteiger partial charge on any atom is 0.336 e. The molecule has 2 aromatic carbocycles. The minimum absolute atomic E-state index is 0.0324. The number of rotatable bonds is 4. The van der Waals surface area contributed by atoms with E-state index in [0.29, 0.717) is 11.1 Å². The van der Waals surface area contributed by atoms with Crippen LogP contribution in [0.3, 0.4) is 0 Å². The molecule has 3 rings (SSSR count). The van der Waals surface area contributed by atoms with Gasteiger partial charge in [0.2, 0.25) is 0 Å². The normalized spacial score (nSPS) is 11.0. The van der Waals surface area contributed by atoms with E-state index in [2.05, 4.69) is 0 Å². The number of phenols is 1. The lowest BCUT2D eigenvalue weighted by molar-refractivity contribution is 0.104. The molecule has 1 heterocycles. The molecule has 3 aromatic rings. The maximum atomic E-state index is 12.5. The zero-order chi connectivity index (χ0) is 17.1. The minimum Gasteiger partial charge on any atom is -0.507 e. The van der Waals surface area contributed by atoms with E-state index in [0.717, 1.165) is 5.56 Å². The van der Waals surface area contributed by atoms with Gasteiger partial charge in [0.25, 0.3) is 0 Å². The highest BCUT2D eigenvalue weighted by Crippen LogP contribution is 2.27. The molecule has 0 spiro atoms. The molecular weight excluding hydrogens is 308 g/mol. The van der Waals surface area contributed by atoms with Crippen molar-refractivity contribution >= 4 is 22.8 Å². The highest BCUT2D eigenvalue weighted by atomic mass is 16.5. The van der Waals surface area contributed by atoms with Gasteiger partial charge in [-0.1, -0.05) is 18.2 Å². The van der Waals surface area contributed by atoms with Gasteiger partial charge in [0.1, 0.15) is 17.1 Å². The van der Waals surface area contributed by atoms with E-state index in [4.69, 9.17) is 9.15 Å². The first-order valence-corrected chi connectivity index (χ1v) is 7.21. The van der Waals surface area contributed by atoms with Gasteiger partial charge in [-0.25, -0.2) is 4.79 Å². The zero-order valence-corrected chi connectivity index (χ0v) is 12.9. The van der Waals surface area contributed by atoms with Crippen LogP contribution >= 0.6 is 0 Å². The first-order valence-electron chi connectivity index (χ1n) is 7.21. The SMILES string of the molecule is COc1ccc(/C=C/C(=O)c2c(O)ccc3ccc(=O)oc23)cc1. The van der Waals surface area contributed by atoms with Crippen LogP contribution in [0.15, 0.2) is 63.8 Å². The summed E-state index contributed by atoms with van der Waals surface area (Å²) in [5, 5.41) is 10.6. The van der Waals surface area contributed by atoms with Crippen molar-refractivity contribution in [3.63, 3.8) is 0 Å². The van der Waals surface area contributed by atoms with Crippen LogP contribution in [-0.4, -0.2) is 18.0 Å². The Hall–Kier alpha value is -3.34. The minimum atomic E-state index is -0.582. The Bertz CT molecular complexity index is 981. The summed E-state index contributed by atoms with van der Waals surface area (Å²) in [6, 6.07) is 12.9. The molecule has 1 N–H and O–H groups in total. The Kier molecular flexibility index (Phi) is 4.16. The van der Waals surface area contributed by atoms with Crippen molar-refractivity contribution in [3.8, 4) is 11.5 Å². The Morgan fingerprint density at radius 1 is 1.08 bits per heavy atom. The van der Waals surface area contributed by atoms with Crippen LogP contribution in [0.4, 0.5) is 0 Å². The quantitative estimate of drug-likeness (QED) is 0.452. The number of allylic oxidation sites excluding steroid dienone is 1. The van der Waals surface area contributed by atoms with Crippen molar-refractivity contribution in [2.75, 3.05) is 7.11 Å². The van der Waals surface area contributed by atoms with Gasteiger partial charge in [-0.15, -0.1) is 0 Å². The molecule has 0 saturated carbocycles. The van der Waals surface area contributed by atoms with Crippen molar-refractivity contribution in [3.05, 3.63) is 76.2 Å². The first-order chi connectivity index (χ1) is 11.6. The van der Waals surface area contributed by atoms with E-state index in [1.165, 1.54) is 18.2 Å². The number of carbonyl (C=O) groups excluding carboxylic acids is 1. The molecular formula is C19H14O5. The van der Waals surface area contributed by atoms with E-state index in [9.17, 15) is 14.7 Å². The lowest BCUT2D eigenvalue weighted by Gasteiger charge is -2.04. The molecule has 0 amide bonds. The molecule has 24 heavy (non-hydrogen) atoms. The lowest BCUT2D eigenvalue weighted by Crippen LogP contribution is -2.01. The zero-order valence-electron chi connectivity index (χ0n) is 12.9. The third kappa shape index (κ3) is 3.05. The molecule has 0 fully saturated rings. The first kappa shape index (κ1) is 15.6. The van der Waals surface area contributed by atoms with Crippen molar-refractivity contribution < 1.29 is 19.1 Å². The van der Waals surface area contributed by atoms with E-state index in [-0.39, 0.29) is 16.9 Å². The molecule has 0 unspecified atom stereocenters. The molecule has 0 atom stereocenters. The van der Waals surface area contributed by atoms with Crippen LogP contribution in [0.2, 0.25) is 0 Å². The van der Waals surface area contributed by atoms with Gasteiger partial charge < -0.3 is 14.3 Å². The summed E-state index contributed by atoms with van der Waals surface area (Å²) in [6.45, 7) is 0. The second-order valence-electron chi connectivity index (χ2n) is 5.10. The fourth-order valence-electron chi connectivity index (χ4n) is 2.33.